The first kappa shape index (κ1) is 19.1. The fourth-order valence-corrected chi connectivity index (χ4v) is 2.62. The number of carbonyl (C=O) groups is 2. The Balaban J connectivity index is 2.65. The number of esters is 2. The van der Waals surface area contributed by atoms with Crippen LogP contribution in [-0.2, 0) is 33.4 Å². The fraction of sp³-hybridized carbons (Fsp3) is 0.467. The van der Waals surface area contributed by atoms with E-state index in [9.17, 15) is 18.0 Å². The van der Waals surface area contributed by atoms with E-state index in [4.69, 9.17) is 13.7 Å². The van der Waals surface area contributed by atoms with Gasteiger partial charge in [-0.2, -0.15) is 8.42 Å². The Hall–Kier alpha value is -1.93. The summed E-state index contributed by atoms with van der Waals surface area (Å²) in [5, 5.41) is 0. The molecule has 128 valence electrons. The second-order valence-electron chi connectivity index (χ2n) is 4.73. The van der Waals surface area contributed by atoms with Crippen LogP contribution in [0.25, 0.3) is 0 Å². The summed E-state index contributed by atoms with van der Waals surface area (Å²) in [6.45, 7) is 4.41. The molecule has 0 heterocycles. The first-order chi connectivity index (χ1) is 10.8. The third-order valence-electron chi connectivity index (χ3n) is 2.79. The smallest absolute Gasteiger partial charge is 0.347 e. The van der Waals surface area contributed by atoms with Gasteiger partial charge in [0.05, 0.1) is 18.1 Å². The first-order valence-corrected chi connectivity index (χ1v) is 8.47. The minimum atomic E-state index is -3.93. The van der Waals surface area contributed by atoms with Gasteiger partial charge in [-0.3, -0.25) is 8.98 Å². The molecule has 0 aromatic heterocycles. The molecule has 1 atom stereocenters. The van der Waals surface area contributed by atoms with Crippen LogP contribution >= 0.6 is 0 Å². The SMILES string of the molecule is CCOC(=O)[C@H](CCOS(=O)(=O)c1ccc(C)cc1)OC(C)=O. The largest absolute Gasteiger partial charge is 0.463 e. The van der Waals surface area contributed by atoms with E-state index in [1.165, 1.54) is 12.1 Å². The van der Waals surface area contributed by atoms with Gasteiger partial charge < -0.3 is 9.47 Å². The average Bonchev–Trinajstić information content (AvgIpc) is 2.46. The van der Waals surface area contributed by atoms with Crippen LogP contribution in [0, 0.1) is 6.92 Å². The molecule has 0 aliphatic heterocycles. The number of benzene rings is 1. The molecule has 1 aromatic rings. The van der Waals surface area contributed by atoms with Crippen molar-refractivity contribution in [3.63, 3.8) is 0 Å². The van der Waals surface area contributed by atoms with E-state index in [-0.39, 0.29) is 24.5 Å². The Morgan fingerprint density at radius 2 is 1.78 bits per heavy atom. The zero-order valence-electron chi connectivity index (χ0n) is 13.3. The van der Waals surface area contributed by atoms with Crippen molar-refractivity contribution in [2.24, 2.45) is 0 Å². The molecule has 1 rings (SSSR count). The zero-order chi connectivity index (χ0) is 17.5. The summed E-state index contributed by atoms with van der Waals surface area (Å²) in [6, 6.07) is 6.16. The average molecular weight is 344 g/mol. The molecule has 23 heavy (non-hydrogen) atoms. The standard InChI is InChI=1S/C15H20O7S/c1-4-20-15(17)14(22-12(3)16)9-10-21-23(18,19)13-7-5-11(2)6-8-13/h5-8,14H,4,9-10H2,1-3H3/t14-/m0/s1. The Labute approximate surface area is 135 Å². The molecule has 0 fully saturated rings. The van der Waals surface area contributed by atoms with E-state index >= 15 is 0 Å². The number of hydrogen-bond donors (Lipinski definition) is 0. The van der Waals surface area contributed by atoms with E-state index in [2.05, 4.69) is 0 Å². The highest BCUT2D eigenvalue weighted by atomic mass is 32.2. The van der Waals surface area contributed by atoms with Gasteiger partial charge in [-0.15, -0.1) is 0 Å². The van der Waals surface area contributed by atoms with E-state index in [1.807, 2.05) is 6.92 Å². The molecule has 0 amide bonds. The van der Waals surface area contributed by atoms with Crippen molar-refractivity contribution in [2.75, 3.05) is 13.2 Å². The van der Waals surface area contributed by atoms with Crippen molar-refractivity contribution >= 4 is 22.1 Å². The molecule has 8 heteroatoms. The summed E-state index contributed by atoms with van der Waals surface area (Å²) in [6.07, 6.45) is -1.32. The van der Waals surface area contributed by atoms with Crippen molar-refractivity contribution < 1.29 is 31.7 Å². The van der Waals surface area contributed by atoms with E-state index in [1.54, 1.807) is 19.1 Å². The van der Waals surface area contributed by atoms with Crippen molar-refractivity contribution in [1.82, 2.24) is 0 Å². The predicted octanol–water partition coefficient (Wildman–Crippen LogP) is 1.59. The molecule has 0 unspecified atom stereocenters. The van der Waals surface area contributed by atoms with Crippen LogP contribution in [0.15, 0.2) is 29.2 Å². The Kier molecular flexibility index (Phi) is 7.18. The Bertz CT molecular complexity index is 634. The summed E-state index contributed by atoms with van der Waals surface area (Å²) in [7, 11) is -3.93. The Morgan fingerprint density at radius 1 is 1.17 bits per heavy atom. The van der Waals surface area contributed by atoms with Crippen LogP contribution < -0.4 is 0 Å². The lowest BCUT2D eigenvalue weighted by molar-refractivity contribution is -0.167. The van der Waals surface area contributed by atoms with Crippen molar-refractivity contribution in [1.29, 1.82) is 0 Å². The maximum Gasteiger partial charge on any atom is 0.347 e. The molecular weight excluding hydrogens is 324 g/mol. The van der Waals surface area contributed by atoms with Gasteiger partial charge in [0, 0.05) is 13.3 Å². The molecule has 0 aliphatic rings. The van der Waals surface area contributed by atoms with Gasteiger partial charge in [0.1, 0.15) is 0 Å². The monoisotopic (exact) mass is 344 g/mol. The highest BCUT2D eigenvalue weighted by molar-refractivity contribution is 7.86. The number of carbonyl (C=O) groups excluding carboxylic acids is 2. The molecule has 1 aromatic carbocycles. The first-order valence-electron chi connectivity index (χ1n) is 7.06. The molecule has 0 spiro atoms. The fourth-order valence-electron chi connectivity index (χ4n) is 1.70. The molecule has 0 N–H and O–H groups in total. The summed E-state index contributed by atoms with van der Waals surface area (Å²) in [4.78, 5) is 22.6. The second kappa shape index (κ2) is 8.64. The summed E-state index contributed by atoms with van der Waals surface area (Å²) in [5.74, 6) is -1.40. The molecule has 0 radical (unpaired) electrons. The summed E-state index contributed by atoms with van der Waals surface area (Å²) >= 11 is 0. The third-order valence-corrected chi connectivity index (χ3v) is 4.11. The number of hydrogen-bond acceptors (Lipinski definition) is 7. The van der Waals surface area contributed by atoms with Gasteiger partial charge in [0.25, 0.3) is 10.1 Å². The highest BCUT2D eigenvalue weighted by Gasteiger charge is 2.24. The maximum absolute atomic E-state index is 12.0. The van der Waals surface area contributed by atoms with E-state index < -0.39 is 28.2 Å². The van der Waals surface area contributed by atoms with Crippen LogP contribution in [0.4, 0.5) is 0 Å². The quantitative estimate of drug-likeness (QED) is 0.522. The van der Waals surface area contributed by atoms with Gasteiger partial charge in [-0.1, -0.05) is 17.7 Å². The molecule has 0 aliphatic carbocycles. The van der Waals surface area contributed by atoms with E-state index in [0.29, 0.717) is 0 Å². The summed E-state index contributed by atoms with van der Waals surface area (Å²) in [5.41, 5.74) is 0.918. The van der Waals surface area contributed by atoms with Gasteiger partial charge in [-0.25, -0.2) is 4.79 Å². The maximum atomic E-state index is 12.0. The number of ether oxygens (including phenoxy) is 2. The van der Waals surface area contributed by atoms with Gasteiger partial charge in [0.15, 0.2) is 0 Å². The molecular formula is C15H20O7S. The lowest BCUT2D eigenvalue weighted by atomic mass is 10.2. The van der Waals surface area contributed by atoms with Gasteiger partial charge >= 0.3 is 11.9 Å². The molecule has 0 saturated heterocycles. The number of rotatable bonds is 8. The molecule has 7 nitrogen and oxygen atoms in total. The van der Waals surface area contributed by atoms with Crippen LogP contribution in [0.3, 0.4) is 0 Å². The number of aryl methyl sites for hydroxylation is 1. The van der Waals surface area contributed by atoms with Crippen molar-refractivity contribution in [2.45, 2.75) is 38.2 Å². The van der Waals surface area contributed by atoms with Gasteiger partial charge in [0.2, 0.25) is 6.10 Å². The minimum Gasteiger partial charge on any atom is -0.463 e. The lowest BCUT2D eigenvalue weighted by Gasteiger charge is -2.15. The zero-order valence-corrected chi connectivity index (χ0v) is 14.1. The molecule has 0 saturated carbocycles. The predicted molar refractivity (Wildman–Crippen MR) is 81.1 cm³/mol. The topological polar surface area (TPSA) is 96.0 Å². The van der Waals surface area contributed by atoms with Crippen LogP contribution in [0.2, 0.25) is 0 Å². The minimum absolute atomic E-state index is 0.0169. The van der Waals surface area contributed by atoms with Crippen LogP contribution in [0.1, 0.15) is 25.8 Å². The third kappa shape index (κ3) is 6.37. The van der Waals surface area contributed by atoms with E-state index in [0.717, 1.165) is 12.5 Å². The Morgan fingerprint density at radius 3 is 2.30 bits per heavy atom. The lowest BCUT2D eigenvalue weighted by Crippen LogP contribution is -2.30. The molecule has 0 bridgehead atoms. The van der Waals surface area contributed by atoms with Crippen LogP contribution in [-0.4, -0.2) is 39.7 Å². The van der Waals surface area contributed by atoms with Crippen molar-refractivity contribution in [3.8, 4) is 0 Å². The normalized spacial score (nSPS) is 12.5. The highest BCUT2D eigenvalue weighted by Crippen LogP contribution is 2.14. The summed E-state index contributed by atoms with van der Waals surface area (Å²) < 4.78 is 38.4. The second-order valence-corrected chi connectivity index (χ2v) is 6.34. The van der Waals surface area contributed by atoms with Gasteiger partial charge in [-0.05, 0) is 26.0 Å². The van der Waals surface area contributed by atoms with Crippen LogP contribution in [0.5, 0.6) is 0 Å². The van der Waals surface area contributed by atoms with Crippen molar-refractivity contribution in [3.05, 3.63) is 29.8 Å².